The fraction of sp³-hybridized carbons (Fsp3) is 0.400. The highest BCUT2D eigenvalue weighted by atomic mass is 32.2. The quantitative estimate of drug-likeness (QED) is 0.745. The molecule has 0 unspecified atom stereocenters. The van der Waals surface area contributed by atoms with Gasteiger partial charge in [0, 0.05) is 34.6 Å². The number of benzene rings is 1. The van der Waals surface area contributed by atoms with Crippen molar-refractivity contribution in [3.05, 3.63) is 58.0 Å². The van der Waals surface area contributed by atoms with Gasteiger partial charge in [0.25, 0.3) is 5.91 Å². The fourth-order valence-corrected chi connectivity index (χ4v) is 7.32. The number of hydrazine groups is 1. The number of hydrogen-bond donors (Lipinski definition) is 2. The van der Waals surface area contributed by atoms with Gasteiger partial charge in [0.2, 0.25) is 0 Å². The Hall–Kier alpha value is -1.86. The van der Waals surface area contributed by atoms with E-state index >= 15 is 0 Å². The van der Waals surface area contributed by atoms with Crippen molar-refractivity contribution in [3.8, 4) is 0 Å². The van der Waals surface area contributed by atoms with Crippen molar-refractivity contribution < 1.29 is 14.0 Å². The minimum atomic E-state index is -0.412. The number of nitrogens with one attached hydrogen (secondary N) is 2. The number of rotatable bonds is 2. The van der Waals surface area contributed by atoms with Crippen LogP contribution in [0.25, 0.3) is 0 Å². The summed E-state index contributed by atoms with van der Waals surface area (Å²) < 4.78 is 5.98. The molecule has 1 aliphatic carbocycles. The van der Waals surface area contributed by atoms with Crippen LogP contribution in [0.1, 0.15) is 56.2 Å². The Balaban J connectivity index is 1.51. The standard InChI is InChI=1S/C20H22N2O3S2/c1-12-5-7-14(8-6-12)18(23)21-22-19(24)17-13(2)16-15(25-17)4-3-9-20(16)26-10-11-27-20/h5-8H,3-4,9-11H2,1-2H3,(H,21,23)(H,22,24). The molecule has 2 aromatic rings. The minimum absolute atomic E-state index is 0.0326. The van der Waals surface area contributed by atoms with Crippen LogP contribution in [0.5, 0.6) is 0 Å². The molecule has 1 saturated heterocycles. The average Bonchev–Trinajstić information content (AvgIpc) is 3.26. The molecule has 7 heteroatoms. The molecule has 1 aromatic heterocycles. The number of carbonyl (C=O) groups excluding carboxylic acids is 2. The summed E-state index contributed by atoms with van der Waals surface area (Å²) in [5, 5.41) is 0. The highest BCUT2D eigenvalue weighted by Crippen LogP contribution is 2.59. The summed E-state index contributed by atoms with van der Waals surface area (Å²) in [5.41, 5.74) is 8.63. The van der Waals surface area contributed by atoms with Crippen LogP contribution in [0.4, 0.5) is 0 Å². The number of thioether (sulfide) groups is 2. The lowest BCUT2D eigenvalue weighted by molar-refractivity contribution is 0.0829. The summed E-state index contributed by atoms with van der Waals surface area (Å²) in [4.78, 5) is 24.9. The molecule has 0 radical (unpaired) electrons. The lowest BCUT2D eigenvalue weighted by Gasteiger charge is -2.31. The summed E-state index contributed by atoms with van der Waals surface area (Å²) >= 11 is 3.93. The van der Waals surface area contributed by atoms with Crippen molar-refractivity contribution in [2.45, 2.75) is 37.2 Å². The van der Waals surface area contributed by atoms with Crippen molar-refractivity contribution in [2.24, 2.45) is 0 Å². The molecule has 142 valence electrons. The van der Waals surface area contributed by atoms with E-state index in [9.17, 15) is 9.59 Å². The second kappa shape index (κ2) is 7.28. The molecule has 1 fully saturated rings. The average molecular weight is 403 g/mol. The van der Waals surface area contributed by atoms with E-state index in [1.165, 1.54) is 5.56 Å². The van der Waals surface area contributed by atoms with Gasteiger partial charge in [0.05, 0.1) is 4.08 Å². The lowest BCUT2D eigenvalue weighted by Crippen LogP contribution is -2.41. The van der Waals surface area contributed by atoms with E-state index in [-0.39, 0.29) is 9.99 Å². The molecule has 2 amide bonds. The molecule has 5 nitrogen and oxygen atoms in total. The third-order valence-electron chi connectivity index (χ3n) is 5.07. The number of aryl methyl sites for hydroxylation is 2. The molecule has 4 rings (SSSR count). The highest BCUT2D eigenvalue weighted by molar-refractivity contribution is 8.20. The van der Waals surface area contributed by atoms with E-state index in [4.69, 9.17) is 4.42 Å². The second-order valence-electron chi connectivity index (χ2n) is 6.93. The normalized spacial score (nSPS) is 17.6. The van der Waals surface area contributed by atoms with Gasteiger partial charge in [0.15, 0.2) is 5.76 Å². The van der Waals surface area contributed by atoms with Crippen molar-refractivity contribution in [3.63, 3.8) is 0 Å². The topological polar surface area (TPSA) is 71.3 Å². The zero-order valence-corrected chi connectivity index (χ0v) is 17.0. The smallest absolute Gasteiger partial charge is 0.305 e. The van der Waals surface area contributed by atoms with Crippen molar-refractivity contribution >= 4 is 35.3 Å². The summed E-state index contributed by atoms with van der Waals surface area (Å²) in [5.74, 6) is 2.72. The van der Waals surface area contributed by atoms with Crippen LogP contribution < -0.4 is 10.9 Å². The maximum Gasteiger partial charge on any atom is 0.305 e. The Kier molecular flexibility index (Phi) is 4.99. The van der Waals surface area contributed by atoms with E-state index < -0.39 is 5.91 Å². The summed E-state index contributed by atoms with van der Waals surface area (Å²) in [6, 6.07) is 7.17. The van der Waals surface area contributed by atoms with E-state index in [1.807, 2.05) is 49.5 Å². The first-order valence-electron chi connectivity index (χ1n) is 9.08. The van der Waals surface area contributed by atoms with Gasteiger partial charge in [0.1, 0.15) is 5.76 Å². The Morgan fingerprint density at radius 1 is 1.04 bits per heavy atom. The molecule has 2 heterocycles. The molecule has 1 aliphatic heterocycles. The van der Waals surface area contributed by atoms with Crippen LogP contribution in [0.15, 0.2) is 28.7 Å². The lowest BCUT2D eigenvalue weighted by atomic mass is 9.94. The Morgan fingerprint density at radius 2 is 1.70 bits per heavy atom. The van der Waals surface area contributed by atoms with E-state index in [1.54, 1.807) is 12.1 Å². The molecule has 2 N–H and O–H groups in total. The highest BCUT2D eigenvalue weighted by Gasteiger charge is 2.45. The van der Waals surface area contributed by atoms with Gasteiger partial charge in [-0.3, -0.25) is 20.4 Å². The zero-order chi connectivity index (χ0) is 19.0. The largest absolute Gasteiger partial charge is 0.455 e. The van der Waals surface area contributed by atoms with E-state index in [2.05, 4.69) is 10.9 Å². The fourth-order valence-electron chi connectivity index (χ4n) is 3.76. The Labute approximate surface area is 167 Å². The summed E-state index contributed by atoms with van der Waals surface area (Å²) in [7, 11) is 0. The predicted octanol–water partition coefficient (Wildman–Crippen LogP) is 3.94. The first kappa shape index (κ1) is 18.5. The van der Waals surface area contributed by atoms with Crippen LogP contribution in [-0.4, -0.2) is 23.3 Å². The minimum Gasteiger partial charge on any atom is -0.455 e. The zero-order valence-electron chi connectivity index (χ0n) is 15.4. The molecular weight excluding hydrogens is 380 g/mol. The van der Waals surface area contributed by atoms with Gasteiger partial charge in [-0.1, -0.05) is 17.7 Å². The summed E-state index contributed by atoms with van der Waals surface area (Å²) in [6.45, 7) is 3.91. The van der Waals surface area contributed by atoms with Gasteiger partial charge >= 0.3 is 5.91 Å². The maximum atomic E-state index is 12.6. The van der Waals surface area contributed by atoms with Gasteiger partial charge in [-0.05, 0) is 38.8 Å². The number of amides is 2. The molecule has 27 heavy (non-hydrogen) atoms. The van der Waals surface area contributed by atoms with Crippen molar-refractivity contribution in [1.82, 2.24) is 10.9 Å². The van der Waals surface area contributed by atoms with E-state index in [0.717, 1.165) is 47.7 Å². The molecule has 0 atom stereocenters. The first-order chi connectivity index (χ1) is 13.0. The van der Waals surface area contributed by atoms with Crippen molar-refractivity contribution in [1.29, 1.82) is 0 Å². The van der Waals surface area contributed by atoms with Gasteiger partial charge in [-0.2, -0.15) is 0 Å². The Morgan fingerprint density at radius 3 is 2.41 bits per heavy atom. The number of fused-ring (bicyclic) bond motifs is 2. The SMILES string of the molecule is Cc1ccc(C(=O)NNC(=O)c2oc3c(c2C)C2(CCC3)SCCS2)cc1. The molecule has 1 aromatic carbocycles. The van der Waals surface area contributed by atoms with Gasteiger partial charge in [-0.25, -0.2) is 0 Å². The first-order valence-corrected chi connectivity index (χ1v) is 11.1. The van der Waals surface area contributed by atoms with Crippen LogP contribution in [0.2, 0.25) is 0 Å². The van der Waals surface area contributed by atoms with Crippen LogP contribution >= 0.6 is 23.5 Å². The molecule has 0 bridgehead atoms. The monoisotopic (exact) mass is 402 g/mol. The van der Waals surface area contributed by atoms with Crippen LogP contribution in [-0.2, 0) is 10.5 Å². The second-order valence-corrected chi connectivity index (χ2v) is 9.98. The molecule has 2 aliphatic rings. The third kappa shape index (κ3) is 3.38. The van der Waals surface area contributed by atoms with Crippen LogP contribution in [0, 0.1) is 13.8 Å². The molecule has 1 spiro atoms. The molecular formula is C20H22N2O3S2. The van der Waals surface area contributed by atoms with E-state index in [0.29, 0.717) is 11.3 Å². The van der Waals surface area contributed by atoms with Crippen molar-refractivity contribution in [2.75, 3.05) is 11.5 Å². The number of carbonyl (C=O) groups is 2. The number of furan rings is 1. The summed E-state index contributed by atoms with van der Waals surface area (Å²) in [6.07, 6.45) is 3.05. The predicted molar refractivity (Wildman–Crippen MR) is 109 cm³/mol. The maximum absolute atomic E-state index is 12.6. The van der Waals surface area contributed by atoms with Gasteiger partial charge < -0.3 is 4.42 Å². The van der Waals surface area contributed by atoms with Crippen LogP contribution in [0.3, 0.4) is 0 Å². The number of hydrogen-bond acceptors (Lipinski definition) is 5. The van der Waals surface area contributed by atoms with Gasteiger partial charge in [-0.15, -0.1) is 23.5 Å². The Bertz CT molecular complexity index is 883. The molecule has 0 saturated carbocycles. The third-order valence-corrected chi connectivity index (χ3v) is 8.60.